The summed E-state index contributed by atoms with van der Waals surface area (Å²) >= 11 is 1.16. The summed E-state index contributed by atoms with van der Waals surface area (Å²) < 4.78 is 31.4. The Kier molecular flexibility index (Phi) is 7.23. The minimum absolute atomic E-state index is 0.168. The molecule has 0 amide bonds. The molecule has 0 radical (unpaired) electrons. The van der Waals surface area contributed by atoms with Crippen LogP contribution in [-0.4, -0.2) is 13.5 Å². The van der Waals surface area contributed by atoms with Gasteiger partial charge in [0.1, 0.15) is 5.75 Å². The summed E-state index contributed by atoms with van der Waals surface area (Å²) in [4.78, 5) is 0.992. The van der Waals surface area contributed by atoms with Crippen molar-refractivity contribution >= 4 is 11.8 Å². The van der Waals surface area contributed by atoms with Crippen molar-refractivity contribution in [2.45, 2.75) is 56.3 Å². The lowest BCUT2D eigenvalue weighted by atomic mass is 9.86. The number of rotatable bonds is 7. The average Bonchev–Trinajstić information content (AvgIpc) is 2.55. The van der Waals surface area contributed by atoms with Crippen molar-refractivity contribution in [3.63, 3.8) is 0 Å². The van der Waals surface area contributed by atoms with Crippen molar-refractivity contribution < 1.29 is 13.5 Å². The van der Waals surface area contributed by atoms with Gasteiger partial charge in [-0.25, -0.2) is 8.78 Å². The molecule has 1 aliphatic rings. The first kappa shape index (κ1) is 17.3. The fourth-order valence-electron chi connectivity index (χ4n) is 2.89. The summed E-state index contributed by atoms with van der Waals surface area (Å²) in [6, 6.07) is 7.24. The predicted molar refractivity (Wildman–Crippen MR) is 88.7 cm³/mol. The van der Waals surface area contributed by atoms with Crippen molar-refractivity contribution in [3.8, 4) is 5.75 Å². The van der Waals surface area contributed by atoms with Crippen LogP contribution in [0.3, 0.4) is 0 Å². The van der Waals surface area contributed by atoms with Gasteiger partial charge in [-0.15, -0.1) is 0 Å². The molecule has 1 fully saturated rings. The maximum absolute atomic E-state index is 13.2. The number of hydrogen-bond donors (Lipinski definition) is 0. The molecule has 22 heavy (non-hydrogen) atoms. The number of hydrogen-bond acceptors (Lipinski definition) is 2. The molecule has 0 aromatic heterocycles. The molecular weight excluding hydrogens is 302 g/mol. The molecular formula is C18H24F2OS. The van der Waals surface area contributed by atoms with Gasteiger partial charge in [-0.3, -0.25) is 0 Å². The fraction of sp³-hybridized carbons (Fsp3) is 0.556. The van der Waals surface area contributed by atoms with Gasteiger partial charge >= 0.3 is 0 Å². The molecule has 0 atom stereocenters. The average molecular weight is 326 g/mol. The van der Waals surface area contributed by atoms with Crippen molar-refractivity contribution in [1.29, 1.82) is 0 Å². The molecule has 0 heterocycles. The van der Waals surface area contributed by atoms with Crippen molar-refractivity contribution in [1.82, 2.24) is 0 Å². The van der Waals surface area contributed by atoms with Crippen LogP contribution in [0.4, 0.5) is 8.78 Å². The standard InChI is InChI=1S/C18H24F2OS/c1-21-15-10-12-16(13-11-15)22-17(18(19)20)9-5-8-14-6-3-2-4-7-14/h9-14,18H,2-8H2,1H3/b17-9-. The third kappa shape index (κ3) is 5.64. The molecule has 122 valence electrons. The molecule has 1 saturated carbocycles. The molecule has 1 aromatic rings. The van der Waals surface area contributed by atoms with E-state index in [2.05, 4.69) is 0 Å². The van der Waals surface area contributed by atoms with Gasteiger partial charge in [-0.05, 0) is 43.0 Å². The SMILES string of the molecule is COc1ccc(S/C(=C\CCC2CCCCC2)C(F)F)cc1. The number of alkyl halides is 2. The Morgan fingerprint density at radius 2 is 1.91 bits per heavy atom. The third-order valence-corrected chi connectivity index (χ3v) is 5.24. The number of thioether (sulfide) groups is 1. The molecule has 2 rings (SSSR count). The number of halogens is 2. The van der Waals surface area contributed by atoms with Crippen molar-refractivity contribution in [2.75, 3.05) is 7.11 Å². The quantitative estimate of drug-likeness (QED) is 0.544. The van der Waals surface area contributed by atoms with Gasteiger partial charge in [0.15, 0.2) is 0 Å². The van der Waals surface area contributed by atoms with Gasteiger partial charge in [-0.1, -0.05) is 49.9 Å². The molecule has 1 aromatic carbocycles. The molecule has 0 bridgehead atoms. The highest BCUT2D eigenvalue weighted by Crippen LogP contribution is 2.33. The van der Waals surface area contributed by atoms with Crippen LogP contribution in [0.1, 0.15) is 44.9 Å². The van der Waals surface area contributed by atoms with E-state index in [1.807, 2.05) is 12.1 Å². The Bertz CT molecular complexity index is 464. The first-order valence-electron chi connectivity index (χ1n) is 7.99. The zero-order chi connectivity index (χ0) is 15.8. The van der Waals surface area contributed by atoms with E-state index < -0.39 is 6.43 Å². The first-order valence-corrected chi connectivity index (χ1v) is 8.81. The molecule has 4 heteroatoms. The highest BCUT2D eigenvalue weighted by Gasteiger charge is 2.15. The Balaban J connectivity index is 1.88. The van der Waals surface area contributed by atoms with Crippen molar-refractivity contribution in [3.05, 3.63) is 35.2 Å². The summed E-state index contributed by atoms with van der Waals surface area (Å²) in [5, 5.41) is 0. The van der Waals surface area contributed by atoms with Crippen LogP contribution in [0.25, 0.3) is 0 Å². The van der Waals surface area contributed by atoms with Gasteiger partial charge < -0.3 is 4.74 Å². The molecule has 0 saturated heterocycles. The van der Waals surface area contributed by atoms with Crippen LogP contribution in [0.5, 0.6) is 5.75 Å². The van der Waals surface area contributed by atoms with Crippen LogP contribution in [-0.2, 0) is 0 Å². The van der Waals surface area contributed by atoms with Crippen LogP contribution in [0, 0.1) is 5.92 Å². The van der Waals surface area contributed by atoms with E-state index in [-0.39, 0.29) is 4.91 Å². The topological polar surface area (TPSA) is 9.23 Å². The number of allylic oxidation sites excluding steroid dienone is 2. The summed E-state index contributed by atoms with van der Waals surface area (Å²) in [6.07, 6.45) is 7.60. The third-order valence-electron chi connectivity index (χ3n) is 4.16. The highest BCUT2D eigenvalue weighted by atomic mass is 32.2. The zero-order valence-electron chi connectivity index (χ0n) is 13.1. The van der Waals surface area contributed by atoms with Crippen LogP contribution < -0.4 is 4.74 Å². The molecule has 0 aliphatic heterocycles. The normalized spacial score (nSPS) is 17.0. The Morgan fingerprint density at radius 3 is 2.50 bits per heavy atom. The van der Waals surface area contributed by atoms with E-state index in [1.54, 1.807) is 25.3 Å². The first-order chi connectivity index (χ1) is 10.7. The van der Waals surface area contributed by atoms with E-state index in [9.17, 15) is 8.78 Å². The second kappa shape index (κ2) is 9.19. The zero-order valence-corrected chi connectivity index (χ0v) is 13.9. The fourth-order valence-corrected chi connectivity index (χ4v) is 3.73. The van der Waals surface area contributed by atoms with Gasteiger partial charge in [0.2, 0.25) is 0 Å². The number of ether oxygens (including phenoxy) is 1. The lowest BCUT2D eigenvalue weighted by molar-refractivity contribution is 0.199. The lowest BCUT2D eigenvalue weighted by Gasteiger charge is -2.20. The monoisotopic (exact) mass is 326 g/mol. The number of benzene rings is 1. The Labute approximate surface area is 136 Å². The molecule has 0 unspecified atom stereocenters. The maximum Gasteiger partial charge on any atom is 0.269 e. The molecule has 1 nitrogen and oxygen atoms in total. The smallest absolute Gasteiger partial charge is 0.269 e. The minimum Gasteiger partial charge on any atom is -0.497 e. The van der Waals surface area contributed by atoms with Gasteiger partial charge in [0.25, 0.3) is 6.43 Å². The van der Waals surface area contributed by atoms with E-state index in [1.165, 1.54) is 32.1 Å². The highest BCUT2D eigenvalue weighted by molar-refractivity contribution is 8.03. The van der Waals surface area contributed by atoms with Gasteiger partial charge in [0.05, 0.1) is 12.0 Å². The Morgan fingerprint density at radius 1 is 1.23 bits per heavy atom. The van der Waals surface area contributed by atoms with Crippen LogP contribution >= 0.6 is 11.8 Å². The summed E-state index contributed by atoms with van der Waals surface area (Å²) in [5.41, 5.74) is 0. The summed E-state index contributed by atoms with van der Waals surface area (Å²) in [5.74, 6) is 1.47. The molecule has 0 N–H and O–H groups in total. The molecule has 0 spiro atoms. The second-order valence-corrected chi connectivity index (χ2v) is 6.91. The molecule has 1 aliphatic carbocycles. The van der Waals surface area contributed by atoms with E-state index in [0.717, 1.165) is 41.2 Å². The van der Waals surface area contributed by atoms with E-state index in [0.29, 0.717) is 0 Å². The Hall–Kier alpha value is -1.03. The van der Waals surface area contributed by atoms with Crippen LogP contribution in [0.2, 0.25) is 0 Å². The minimum atomic E-state index is -2.40. The lowest BCUT2D eigenvalue weighted by Crippen LogP contribution is -2.05. The predicted octanol–water partition coefficient (Wildman–Crippen LogP) is 6.30. The second-order valence-electron chi connectivity index (χ2n) is 5.77. The van der Waals surface area contributed by atoms with Crippen molar-refractivity contribution in [2.24, 2.45) is 5.92 Å². The maximum atomic E-state index is 13.2. The summed E-state index contributed by atoms with van der Waals surface area (Å²) in [6.45, 7) is 0. The number of methoxy groups -OCH3 is 1. The van der Waals surface area contributed by atoms with Gasteiger partial charge in [-0.2, -0.15) is 0 Å². The van der Waals surface area contributed by atoms with E-state index >= 15 is 0 Å². The van der Waals surface area contributed by atoms with Crippen LogP contribution in [0.15, 0.2) is 40.1 Å². The van der Waals surface area contributed by atoms with E-state index in [4.69, 9.17) is 4.74 Å². The largest absolute Gasteiger partial charge is 0.497 e. The summed E-state index contributed by atoms with van der Waals surface area (Å²) in [7, 11) is 1.60. The van der Waals surface area contributed by atoms with Gasteiger partial charge in [0, 0.05) is 4.90 Å².